The zero-order valence-corrected chi connectivity index (χ0v) is 16.3. The maximum Gasteiger partial charge on any atom is 0.119 e. The van der Waals surface area contributed by atoms with Crippen LogP contribution in [0.1, 0.15) is 59.6 Å². The van der Waals surface area contributed by atoms with Crippen LogP contribution in [-0.4, -0.2) is 27.5 Å². The van der Waals surface area contributed by atoms with E-state index in [-0.39, 0.29) is 39.3 Å². The zero-order chi connectivity index (χ0) is 16.5. The van der Waals surface area contributed by atoms with Gasteiger partial charge in [0, 0.05) is 33.9 Å². The van der Waals surface area contributed by atoms with Gasteiger partial charge in [-0.15, -0.1) is 0 Å². The number of hydrogen-bond acceptors (Lipinski definition) is 3. The van der Waals surface area contributed by atoms with E-state index in [9.17, 15) is 5.11 Å². The molecule has 0 radical (unpaired) electrons. The zero-order valence-electron chi connectivity index (χ0n) is 14.7. The standard InChI is InChI=1S/C11H16O.2C3H8O.Ti/c1-8-5-6-10(12)9(7-8)11(2,3)4;2*1-3(2)4;/h5-7,12H,1-4H3;2*3-4H,1-2H3;. The number of rotatable bonds is 0. The molecular formula is C17H32O3Ti. The van der Waals surface area contributed by atoms with Crippen molar-refractivity contribution >= 4 is 0 Å². The average molecular weight is 332 g/mol. The van der Waals surface area contributed by atoms with Crippen LogP contribution in [0.5, 0.6) is 5.75 Å². The predicted molar refractivity (Wildman–Crippen MR) is 86.3 cm³/mol. The molecule has 0 aliphatic heterocycles. The summed E-state index contributed by atoms with van der Waals surface area (Å²) in [6.07, 6.45) is -0.333. The van der Waals surface area contributed by atoms with E-state index in [1.165, 1.54) is 5.56 Å². The van der Waals surface area contributed by atoms with Crippen LogP contribution in [0.15, 0.2) is 18.2 Å². The Labute approximate surface area is 145 Å². The fourth-order valence-electron chi connectivity index (χ4n) is 1.25. The van der Waals surface area contributed by atoms with Crippen molar-refractivity contribution in [2.75, 3.05) is 0 Å². The summed E-state index contributed by atoms with van der Waals surface area (Å²) in [4.78, 5) is 0. The second kappa shape index (κ2) is 12.2. The molecule has 3 N–H and O–H groups in total. The van der Waals surface area contributed by atoms with Crippen molar-refractivity contribution < 1.29 is 37.0 Å². The summed E-state index contributed by atoms with van der Waals surface area (Å²) in [5, 5.41) is 25.7. The molecule has 1 aromatic carbocycles. The summed E-state index contributed by atoms with van der Waals surface area (Å²) in [6, 6.07) is 5.72. The van der Waals surface area contributed by atoms with E-state index in [2.05, 4.69) is 20.8 Å². The second-order valence-electron chi connectivity index (χ2n) is 6.46. The van der Waals surface area contributed by atoms with E-state index in [4.69, 9.17) is 10.2 Å². The molecule has 0 spiro atoms. The minimum Gasteiger partial charge on any atom is -0.508 e. The van der Waals surface area contributed by atoms with E-state index < -0.39 is 0 Å². The Morgan fingerprint density at radius 3 is 1.48 bits per heavy atom. The van der Waals surface area contributed by atoms with Crippen molar-refractivity contribution in [3.63, 3.8) is 0 Å². The number of aryl methyl sites for hydroxylation is 1. The fraction of sp³-hybridized carbons (Fsp3) is 0.647. The molecule has 0 saturated heterocycles. The molecule has 0 aromatic heterocycles. The summed E-state index contributed by atoms with van der Waals surface area (Å²) in [5.74, 6) is 0.396. The Morgan fingerprint density at radius 1 is 0.905 bits per heavy atom. The topological polar surface area (TPSA) is 60.7 Å². The first-order chi connectivity index (χ1) is 8.87. The van der Waals surface area contributed by atoms with Crippen LogP contribution in [0.3, 0.4) is 0 Å². The van der Waals surface area contributed by atoms with Crippen molar-refractivity contribution in [3.8, 4) is 5.75 Å². The van der Waals surface area contributed by atoms with Gasteiger partial charge in [0.2, 0.25) is 0 Å². The van der Waals surface area contributed by atoms with Gasteiger partial charge in [-0.25, -0.2) is 0 Å². The van der Waals surface area contributed by atoms with Gasteiger partial charge in [0.1, 0.15) is 5.75 Å². The Morgan fingerprint density at radius 2 is 1.24 bits per heavy atom. The van der Waals surface area contributed by atoms with Gasteiger partial charge in [-0.3, -0.25) is 0 Å². The average Bonchev–Trinajstić information content (AvgIpc) is 2.18. The number of phenols is 1. The molecule has 122 valence electrons. The van der Waals surface area contributed by atoms with E-state index >= 15 is 0 Å². The maximum absolute atomic E-state index is 9.57. The normalized spacial score (nSPS) is 10.1. The molecule has 0 fully saturated rings. The molecular weight excluding hydrogens is 300 g/mol. The van der Waals surface area contributed by atoms with E-state index in [1.807, 2.05) is 19.1 Å². The number of aliphatic hydroxyl groups excluding tert-OH is 2. The van der Waals surface area contributed by atoms with E-state index in [0.717, 1.165) is 5.56 Å². The minimum absolute atomic E-state index is 0. The molecule has 1 aromatic rings. The van der Waals surface area contributed by atoms with Crippen molar-refractivity contribution in [2.24, 2.45) is 0 Å². The second-order valence-corrected chi connectivity index (χ2v) is 6.46. The molecule has 0 atom stereocenters. The Hall–Kier alpha value is -0.346. The number of benzene rings is 1. The summed E-state index contributed by atoms with van der Waals surface area (Å²) in [7, 11) is 0. The van der Waals surface area contributed by atoms with Gasteiger partial charge < -0.3 is 15.3 Å². The summed E-state index contributed by atoms with van der Waals surface area (Å²) in [6.45, 7) is 15.2. The third-order valence-electron chi connectivity index (χ3n) is 1.96. The summed E-state index contributed by atoms with van der Waals surface area (Å²) >= 11 is 0. The Bertz CT molecular complexity index is 357. The molecule has 0 saturated carbocycles. The largest absolute Gasteiger partial charge is 0.508 e. The predicted octanol–water partition coefficient (Wildman–Crippen LogP) is 3.77. The molecule has 21 heavy (non-hydrogen) atoms. The van der Waals surface area contributed by atoms with Crippen LogP contribution in [0, 0.1) is 6.92 Å². The van der Waals surface area contributed by atoms with Gasteiger partial charge in [0.05, 0.1) is 0 Å². The first-order valence-electron chi connectivity index (χ1n) is 7.04. The quantitative estimate of drug-likeness (QED) is 0.634. The third-order valence-corrected chi connectivity index (χ3v) is 1.96. The monoisotopic (exact) mass is 332 g/mol. The molecule has 0 aliphatic carbocycles. The van der Waals surface area contributed by atoms with Crippen LogP contribution < -0.4 is 0 Å². The number of aromatic hydroxyl groups is 1. The smallest absolute Gasteiger partial charge is 0.119 e. The molecule has 0 heterocycles. The van der Waals surface area contributed by atoms with E-state index in [1.54, 1.807) is 33.8 Å². The van der Waals surface area contributed by atoms with Gasteiger partial charge in [-0.1, -0.05) is 38.5 Å². The van der Waals surface area contributed by atoms with Gasteiger partial charge in [-0.05, 0) is 51.7 Å². The number of hydrogen-bond donors (Lipinski definition) is 3. The molecule has 3 nitrogen and oxygen atoms in total. The molecule has 0 bridgehead atoms. The fourth-order valence-corrected chi connectivity index (χ4v) is 1.25. The van der Waals surface area contributed by atoms with Crippen molar-refractivity contribution in [3.05, 3.63) is 29.3 Å². The van der Waals surface area contributed by atoms with Crippen molar-refractivity contribution in [2.45, 2.75) is 73.0 Å². The van der Waals surface area contributed by atoms with Crippen molar-refractivity contribution in [1.29, 1.82) is 0 Å². The number of aliphatic hydroxyl groups is 2. The minimum atomic E-state index is -0.167. The number of phenolic OH excluding ortho intramolecular Hbond substituents is 1. The van der Waals surface area contributed by atoms with Crippen LogP contribution >= 0.6 is 0 Å². The van der Waals surface area contributed by atoms with Gasteiger partial charge in [0.25, 0.3) is 0 Å². The first-order valence-corrected chi connectivity index (χ1v) is 7.04. The van der Waals surface area contributed by atoms with E-state index in [0.29, 0.717) is 5.75 Å². The van der Waals surface area contributed by atoms with Crippen LogP contribution in [0.25, 0.3) is 0 Å². The molecule has 0 unspecified atom stereocenters. The molecule has 0 aliphatic rings. The molecule has 4 heteroatoms. The van der Waals surface area contributed by atoms with Crippen molar-refractivity contribution in [1.82, 2.24) is 0 Å². The van der Waals surface area contributed by atoms with Crippen LogP contribution in [-0.2, 0) is 27.1 Å². The molecule has 0 amide bonds. The van der Waals surface area contributed by atoms with Crippen LogP contribution in [0.2, 0.25) is 0 Å². The van der Waals surface area contributed by atoms with Gasteiger partial charge in [0.15, 0.2) is 0 Å². The van der Waals surface area contributed by atoms with Gasteiger partial charge >= 0.3 is 0 Å². The van der Waals surface area contributed by atoms with Crippen LogP contribution in [0.4, 0.5) is 0 Å². The Balaban J connectivity index is -0.000000304. The Kier molecular flexibility index (Phi) is 14.9. The summed E-state index contributed by atoms with van der Waals surface area (Å²) < 4.78 is 0. The third kappa shape index (κ3) is 17.6. The van der Waals surface area contributed by atoms with Gasteiger partial charge in [-0.2, -0.15) is 0 Å². The first kappa shape index (κ1) is 25.6. The molecule has 1 rings (SSSR count). The maximum atomic E-state index is 9.57. The summed E-state index contributed by atoms with van der Waals surface area (Å²) in [5.41, 5.74) is 2.23. The SMILES string of the molecule is CC(C)O.CC(C)O.Cc1ccc(O)c(C(C)(C)C)c1.[Ti].